The van der Waals surface area contributed by atoms with Crippen molar-refractivity contribution in [1.82, 2.24) is 29.6 Å². The van der Waals surface area contributed by atoms with E-state index < -0.39 is 6.23 Å². The maximum Gasteiger partial charge on any atom is 0.257 e. The summed E-state index contributed by atoms with van der Waals surface area (Å²) in [7, 11) is 3.08. The number of nitrogens with one attached hydrogen (secondary N) is 2. The number of carbonyl (C=O) groups excluding carboxylic acids is 5. The van der Waals surface area contributed by atoms with Gasteiger partial charge in [-0.25, -0.2) is 9.97 Å². The third kappa shape index (κ3) is 12.0. The van der Waals surface area contributed by atoms with Gasteiger partial charge in [-0.1, -0.05) is 52.8 Å². The molecule has 2 aromatic heterocycles. The summed E-state index contributed by atoms with van der Waals surface area (Å²) < 4.78 is 13.0. The minimum atomic E-state index is -1.00. The topological polar surface area (TPSA) is 187 Å². The molecule has 7 rings (SSSR count). The Hall–Kier alpha value is -5.25. The Morgan fingerprint density at radius 3 is 2.00 bits per heavy atom. The number of aromatic nitrogens is 2. The summed E-state index contributed by atoms with van der Waals surface area (Å²) in [6, 6.07) is 7.35. The van der Waals surface area contributed by atoms with Crippen LogP contribution >= 0.6 is 46.2 Å². The summed E-state index contributed by atoms with van der Waals surface area (Å²) >= 11 is 5.55. The van der Waals surface area contributed by atoms with E-state index in [1.165, 1.54) is 66.3 Å². The maximum atomic E-state index is 14.2. The van der Waals surface area contributed by atoms with E-state index in [1.54, 1.807) is 40.2 Å². The minimum Gasteiger partial charge on any atom is -0.496 e. The van der Waals surface area contributed by atoms with E-state index in [2.05, 4.69) is 27.2 Å². The number of hydrogen-bond donors (Lipinski definition) is 3. The number of thiazole rings is 2. The molecular formula is C46H54N8O8S4. The molecule has 0 spiro atoms. The number of hydrogen-bond acceptors (Lipinski definition) is 15. The Bertz CT molecular complexity index is 2520. The number of ether oxygens (including phenoxy) is 2. The van der Waals surface area contributed by atoms with Gasteiger partial charge in [-0.2, -0.15) is 0 Å². The Morgan fingerprint density at radius 2 is 1.39 bits per heavy atom. The Labute approximate surface area is 400 Å². The number of carbonyl (C=O) groups is 5. The quantitative estimate of drug-likeness (QED) is 0.105. The summed E-state index contributed by atoms with van der Waals surface area (Å²) in [5.41, 5.74) is 3.16. The van der Waals surface area contributed by atoms with Gasteiger partial charge in [0.25, 0.3) is 11.8 Å². The SMILES string of the molecule is C=CC(=O)N1CCCN(C(=O)c2cc(Sc3sc(NC(C)=O)nc3C=CC(O)N3CCCN(C(=O)c4cc(Sc5cnc(NC(=O)C6CC6)s5)c(C)cc4OC)CC3)c(C)cc2OC)CC1. The fourth-order valence-electron chi connectivity index (χ4n) is 7.56. The van der Waals surface area contributed by atoms with Crippen LogP contribution in [0.15, 0.2) is 67.4 Å². The molecule has 4 heterocycles. The highest BCUT2D eigenvalue weighted by atomic mass is 32.2. The molecule has 3 N–H and O–H groups in total. The molecule has 20 heteroatoms. The Kier molecular flexibility index (Phi) is 16.2. The highest BCUT2D eigenvalue weighted by Crippen LogP contribution is 2.42. The van der Waals surface area contributed by atoms with Crippen LogP contribution in [-0.4, -0.2) is 137 Å². The van der Waals surface area contributed by atoms with Crippen molar-refractivity contribution >= 4 is 92.1 Å². The molecule has 1 saturated carbocycles. The number of aliphatic hydroxyl groups is 1. The molecule has 350 valence electrons. The number of benzene rings is 2. The van der Waals surface area contributed by atoms with Crippen molar-refractivity contribution in [2.45, 2.75) is 70.9 Å². The van der Waals surface area contributed by atoms with Crippen LogP contribution in [0.1, 0.15) is 70.1 Å². The van der Waals surface area contributed by atoms with Crippen LogP contribution in [0.4, 0.5) is 10.3 Å². The smallest absolute Gasteiger partial charge is 0.257 e. The van der Waals surface area contributed by atoms with Gasteiger partial charge in [-0.05, 0) is 93.2 Å². The summed E-state index contributed by atoms with van der Waals surface area (Å²) in [5.74, 6) is 0.182. The molecule has 2 saturated heterocycles. The van der Waals surface area contributed by atoms with E-state index in [4.69, 9.17) is 9.47 Å². The first-order valence-corrected chi connectivity index (χ1v) is 24.9. The molecule has 0 radical (unpaired) electrons. The molecule has 1 atom stereocenters. The lowest BCUT2D eigenvalue weighted by Crippen LogP contribution is -2.38. The van der Waals surface area contributed by atoms with E-state index in [0.717, 1.165) is 42.2 Å². The first-order valence-electron chi connectivity index (χ1n) is 21.6. The number of nitrogens with zero attached hydrogens (tertiary/aromatic N) is 6. The largest absolute Gasteiger partial charge is 0.496 e. The van der Waals surface area contributed by atoms with Gasteiger partial charge < -0.3 is 39.9 Å². The number of anilines is 2. The van der Waals surface area contributed by atoms with Crippen LogP contribution in [0.3, 0.4) is 0 Å². The monoisotopic (exact) mass is 974 g/mol. The van der Waals surface area contributed by atoms with E-state index in [9.17, 15) is 29.1 Å². The summed E-state index contributed by atoms with van der Waals surface area (Å²) in [6.45, 7) is 12.5. The van der Waals surface area contributed by atoms with Crippen molar-refractivity contribution in [2.24, 2.45) is 5.92 Å². The average Bonchev–Trinajstić information content (AvgIpc) is 4.08. The first-order chi connectivity index (χ1) is 31.7. The summed E-state index contributed by atoms with van der Waals surface area (Å²) in [4.78, 5) is 82.6. The summed E-state index contributed by atoms with van der Waals surface area (Å²) in [6.07, 6.45) is 8.47. The molecule has 0 bridgehead atoms. The second kappa shape index (κ2) is 22.0. The number of methoxy groups -OCH3 is 2. The fourth-order valence-corrected chi connectivity index (χ4v) is 11.7. The van der Waals surface area contributed by atoms with E-state index in [1.807, 2.05) is 43.0 Å². The molecule has 3 aliphatic rings. The predicted molar refractivity (Wildman–Crippen MR) is 258 cm³/mol. The van der Waals surface area contributed by atoms with Crippen molar-refractivity contribution in [3.8, 4) is 11.5 Å². The molecule has 66 heavy (non-hydrogen) atoms. The van der Waals surface area contributed by atoms with Gasteiger partial charge in [0.2, 0.25) is 17.7 Å². The van der Waals surface area contributed by atoms with Gasteiger partial charge in [0.1, 0.15) is 17.7 Å². The lowest BCUT2D eigenvalue weighted by atomic mass is 10.1. The van der Waals surface area contributed by atoms with E-state index in [0.29, 0.717) is 104 Å². The molecular weight excluding hydrogens is 921 g/mol. The fraction of sp³-hybridized carbons (Fsp3) is 0.413. The molecule has 1 unspecified atom stereocenters. The third-order valence-electron chi connectivity index (χ3n) is 11.3. The minimum absolute atomic E-state index is 0.00294. The predicted octanol–water partition coefficient (Wildman–Crippen LogP) is 6.88. The zero-order valence-corrected chi connectivity index (χ0v) is 40.9. The highest BCUT2D eigenvalue weighted by molar-refractivity contribution is 8.01. The van der Waals surface area contributed by atoms with Crippen molar-refractivity contribution in [3.05, 3.63) is 77.1 Å². The van der Waals surface area contributed by atoms with Crippen LogP contribution in [0.25, 0.3) is 6.08 Å². The molecule has 3 fully saturated rings. The van der Waals surface area contributed by atoms with Crippen molar-refractivity contribution in [2.75, 3.05) is 77.2 Å². The van der Waals surface area contributed by atoms with Gasteiger partial charge >= 0.3 is 0 Å². The van der Waals surface area contributed by atoms with Crippen LogP contribution in [0.5, 0.6) is 11.5 Å². The van der Waals surface area contributed by atoms with Crippen molar-refractivity contribution in [1.29, 1.82) is 0 Å². The number of aliphatic hydroxyl groups excluding tert-OH is 1. The standard InChI is InChI=1S/C46H54N8O8S4/c1-7-38(56)51-14-8-16-53(20-18-51)43(60)32-25-37(28(3)23-35(32)62-6)64-44-33(49-46(66-44)48-29(4)55)12-13-39(57)52-15-9-17-54(21-19-52)42(59)31-24-36(27(2)22-34(31)61-5)63-40-26-47-45(65-40)50-41(58)30-10-11-30/h7,12-13,22-26,30,39,57H,1,8-11,14-21H2,2-6H3,(H,47,50,58)(H,48,49,55). The molecule has 2 aliphatic heterocycles. The number of aryl methyl sites for hydroxylation is 2. The average molecular weight is 975 g/mol. The van der Waals surface area contributed by atoms with Gasteiger partial charge in [0.15, 0.2) is 10.3 Å². The third-order valence-corrected chi connectivity index (χ3v) is 15.8. The number of amides is 5. The normalized spacial score (nSPS) is 16.4. The zero-order chi connectivity index (χ0) is 47.1. The van der Waals surface area contributed by atoms with Crippen LogP contribution in [0, 0.1) is 19.8 Å². The Balaban J connectivity index is 1.03. The van der Waals surface area contributed by atoms with Crippen LogP contribution in [-0.2, 0) is 14.4 Å². The first kappa shape index (κ1) is 48.7. The second-order valence-corrected chi connectivity index (χ2v) is 20.8. The zero-order valence-electron chi connectivity index (χ0n) is 37.6. The van der Waals surface area contributed by atoms with E-state index >= 15 is 0 Å². The molecule has 1 aliphatic carbocycles. The lowest BCUT2D eigenvalue weighted by Gasteiger charge is -2.25. The summed E-state index contributed by atoms with van der Waals surface area (Å²) in [5, 5.41) is 18.1. The van der Waals surface area contributed by atoms with Crippen LogP contribution < -0.4 is 20.1 Å². The van der Waals surface area contributed by atoms with Crippen LogP contribution in [0.2, 0.25) is 0 Å². The Morgan fingerprint density at radius 1 is 0.803 bits per heavy atom. The molecule has 5 amide bonds. The highest BCUT2D eigenvalue weighted by Gasteiger charge is 2.31. The maximum absolute atomic E-state index is 14.2. The van der Waals surface area contributed by atoms with Gasteiger partial charge in [-0.15, -0.1) is 0 Å². The van der Waals surface area contributed by atoms with Gasteiger partial charge in [0, 0.05) is 75.0 Å². The molecule has 2 aromatic carbocycles. The lowest BCUT2D eigenvalue weighted by molar-refractivity contribution is -0.126. The van der Waals surface area contributed by atoms with Gasteiger partial charge in [-0.3, -0.25) is 28.9 Å². The molecule has 4 aromatic rings. The second-order valence-electron chi connectivity index (χ2n) is 16.1. The van der Waals surface area contributed by atoms with Crippen molar-refractivity contribution < 1.29 is 38.6 Å². The molecule has 16 nitrogen and oxygen atoms in total. The van der Waals surface area contributed by atoms with Gasteiger partial charge in [0.05, 0.1) is 45.7 Å². The number of rotatable bonds is 15. The van der Waals surface area contributed by atoms with Crippen molar-refractivity contribution in [3.63, 3.8) is 0 Å². The van der Waals surface area contributed by atoms with E-state index in [-0.39, 0.29) is 35.5 Å².